The Morgan fingerprint density at radius 2 is 1.75 bits per heavy atom. The van der Waals surface area contributed by atoms with E-state index in [2.05, 4.69) is 10.3 Å². The van der Waals surface area contributed by atoms with Crippen molar-refractivity contribution < 1.29 is 23.5 Å². The summed E-state index contributed by atoms with van der Waals surface area (Å²) >= 11 is 1.38. The van der Waals surface area contributed by atoms with Crippen molar-refractivity contribution in [1.82, 2.24) is 4.98 Å². The lowest BCUT2D eigenvalue weighted by Crippen LogP contribution is -2.21. The van der Waals surface area contributed by atoms with Gasteiger partial charge >= 0.3 is 5.97 Å². The number of nitrogens with zero attached hydrogens (tertiary/aromatic N) is 1. The Balaban J connectivity index is 1.37. The molecule has 4 rings (SSSR count). The zero-order chi connectivity index (χ0) is 22.3. The smallest absolute Gasteiger partial charge is 0.338 e. The van der Waals surface area contributed by atoms with Crippen LogP contribution in [0.15, 0.2) is 82.4 Å². The third kappa shape index (κ3) is 5.09. The summed E-state index contributed by atoms with van der Waals surface area (Å²) in [6.07, 6.45) is 0. The van der Waals surface area contributed by atoms with Gasteiger partial charge in [-0.25, -0.2) is 9.78 Å². The lowest BCUT2D eigenvalue weighted by molar-refractivity contribution is -0.119. The molecule has 3 aromatic carbocycles. The molecule has 1 N–H and O–H groups in total. The van der Waals surface area contributed by atoms with E-state index in [1.54, 1.807) is 36.4 Å². The van der Waals surface area contributed by atoms with Crippen LogP contribution in [0.25, 0.3) is 11.1 Å². The number of nitrogens with one attached hydrogen (secondary N) is 1. The number of anilines is 1. The number of hydrogen-bond acceptors (Lipinski definition) is 7. The quantitative estimate of drug-likeness (QED) is 0.302. The number of carbonyl (C=O) groups is 2. The van der Waals surface area contributed by atoms with Gasteiger partial charge in [0.15, 0.2) is 12.2 Å². The molecular weight excluding hydrogens is 428 g/mol. The van der Waals surface area contributed by atoms with E-state index >= 15 is 0 Å². The van der Waals surface area contributed by atoms with Gasteiger partial charge in [-0.1, -0.05) is 54.2 Å². The van der Waals surface area contributed by atoms with Crippen molar-refractivity contribution in [2.75, 3.05) is 19.0 Å². The van der Waals surface area contributed by atoms with Gasteiger partial charge in [-0.05, 0) is 35.9 Å². The lowest BCUT2D eigenvalue weighted by Gasteiger charge is -2.11. The molecule has 0 unspecified atom stereocenters. The number of amides is 1. The predicted octanol–water partition coefficient (Wildman–Crippen LogP) is 4.92. The maximum atomic E-state index is 12.6. The average Bonchev–Trinajstić information content (AvgIpc) is 3.25. The largest absolute Gasteiger partial charge is 0.495 e. The summed E-state index contributed by atoms with van der Waals surface area (Å²) in [5.74, 6) is -0.0465. The summed E-state index contributed by atoms with van der Waals surface area (Å²) in [5, 5.41) is 3.20. The van der Waals surface area contributed by atoms with Crippen molar-refractivity contribution >= 4 is 40.4 Å². The van der Waals surface area contributed by atoms with Crippen LogP contribution in [0.2, 0.25) is 0 Å². The molecule has 1 heterocycles. The molecule has 0 aliphatic carbocycles. The van der Waals surface area contributed by atoms with Crippen molar-refractivity contribution in [1.29, 1.82) is 0 Å². The van der Waals surface area contributed by atoms with Crippen LogP contribution >= 0.6 is 11.8 Å². The van der Waals surface area contributed by atoms with E-state index in [4.69, 9.17) is 13.9 Å². The van der Waals surface area contributed by atoms with Crippen LogP contribution in [0.5, 0.6) is 5.75 Å². The number of thioether (sulfide) groups is 1. The molecule has 8 heteroatoms. The number of hydrogen-bond donors (Lipinski definition) is 1. The molecule has 0 aliphatic rings. The third-order valence-corrected chi connectivity index (χ3v) is 5.46. The highest BCUT2D eigenvalue weighted by Crippen LogP contribution is 2.27. The molecular formula is C24H20N2O5S. The number of oxazole rings is 1. The second kappa shape index (κ2) is 10.0. The molecule has 1 aromatic heterocycles. The molecule has 7 nitrogen and oxygen atoms in total. The van der Waals surface area contributed by atoms with Crippen LogP contribution < -0.4 is 10.1 Å². The molecule has 32 heavy (non-hydrogen) atoms. The van der Waals surface area contributed by atoms with Gasteiger partial charge in [0.25, 0.3) is 11.1 Å². The molecule has 1 amide bonds. The SMILES string of the molecule is COc1ccccc1NC(=O)COC(=O)c1ccccc1CSc1nc2ccccc2o1. The molecule has 0 atom stereocenters. The Hall–Kier alpha value is -3.78. The molecule has 4 aromatic rings. The monoisotopic (exact) mass is 448 g/mol. The van der Waals surface area contributed by atoms with Crippen LogP contribution in [0.4, 0.5) is 5.69 Å². The number of para-hydroxylation sites is 4. The highest BCUT2D eigenvalue weighted by Gasteiger charge is 2.16. The molecule has 0 aliphatic heterocycles. The predicted molar refractivity (Wildman–Crippen MR) is 122 cm³/mol. The molecule has 0 bridgehead atoms. The fourth-order valence-electron chi connectivity index (χ4n) is 3.04. The summed E-state index contributed by atoms with van der Waals surface area (Å²) in [6, 6.07) is 21.6. The maximum absolute atomic E-state index is 12.6. The van der Waals surface area contributed by atoms with Crippen molar-refractivity contribution in [3.05, 3.63) is 83.9 Å². The topological polar surface area (TPSA) is 90.7 Å². The summed E-state index contributed by atoms with van der Waals surface area (Å²) in [5.41, 5.74) is 3.15. The number of ether oxygens (including phenoxy) is 2. The summed E-state index contributed by atoms with van der Waals surface area (Å²) < 4.78 is 16.2. The molecule has 0 saturated heterocycles. The Bertz CT molecular complexity index is 1220. The average molecular weight is 449 g/mol. The highest BCUT2D eigenvalue weighted by atomic mass is 32.2. The van der Waals surface area contributed by atoms with Crippen molar-refractivity contribution in [3.63, 3.8) is 0 Å². The van der Waals surface area contributed by atoms with E-state index in [0.29, 0.717) is 33.6 Å². The van der Waals surface area contributed by atoms with E-state index in [1.165, 1.54) is 18.9 Å². The van der Waals surface area contributed by atoms with Crippen molar-refractivity contribution in [2.45, 2.75) is 11.0 Å². The first kappa shape index (κ1) is 21.5. The van der Waals surface area contributed by atoms with Crippen LogP contribution in [-0.2, 0) is 15.3 Å². The van der Waals surface area contributed by atoms with E-state index in [0.717, 1.165) is 11.1 Å². The first-order valence-corrected chi connectivity index (χ1v) is 10.8. The maximum Gasteiger partial charge on any atom is 0.338 e. The Labute approximate surface area is 188 Å². The molecule has 0 radical (unpaired) electrons. The number of fused-ring (bicyclic) bond motifs is 1. The van der Waals surface area contributed by atoms with Crippen molar-refractivity contribution in [3.8, 4) is 5.75 Å². The van der Waals surface area contributed by atoms with Crippen LogP contribution in [0, 0.1) is 0 Å². The van der Waals surface area contributed by atoms with Gasteiger partial charge in [-0.3, -0.25) is 4.79 Å². The van der Waals surface area contributed by atoms with E-state index in [-0.39, 0.29) is 0 Å². The van der Waals surface area contributed by atoms with Crippen LogP contribution in [0.3, 0.4) is 0 Å². The number of aromatic nitrogens is 1. The molecule has 0 spiro atoms. The lowest BCUT2D eigenvalue weighted by atomic mass is 10.1. The van der Waals surface area contributed by atoms with Gasteiger partial charge in [0.2, 0.25) is 0 Å². The zero-order valence-corrected chi connectivity index (χ0v) is 18.1. The first-order chi connectivity index (χ1) is 15.6. The van der Waals surface area contributed by atoms with Gasteiger partial charge in [-0.2, -0.15) is 0 Å². The first-order valence-electron chi connectivity index (χ1n) is 9.80. The minimum absolute atomic E-state index is 0.390. The number of benzene rings is 3. The minimum atomic E-state index is -0.575. The summed E-state index contributed by atoms with van der Waals surface area (Å²) in [4.78, 5) is 29.3. The molecule has 0 saturated carbocycles. The number of methoxy groups -OCH3 is 1. The van der Waals surface area contributed by atoms with Crippen LogP contribution in [0.1, 0.15) is 15.9 Å². The summed E-state index contributed by atoms with van der Waals surface area (Å²) in [7, 11) is 1.51. The fraction of sp³-hybridized carbons (Fsp3) is 0.125. The van der Waals surface area contributed by atoms with E-state index < -0.39 is 18.5 Å². The van der Waals surface area contributed by atoms with Gasteiger partial charge in [0, 0.05) is 5.75 Å². The van der Waals surface area contributed by atoms with Gasteiger partial charge in [-0.15, -0.1) is 0 Å². The van der Waals surface area contributed by atoms with Gasteiger partial charge in [0.05, 0.1) is 18.4 Å². The Morgan fingerprint density at radius 3 is 2.59 bits per heavy atom. The Morgan fingerprint density at radius 1 is 1.00 bits per heavy atom. The number of rotatable bonds is 8. The second-order valence-corrected chi connectivity index (χ2v) is 7.64. The minimum Gasteiger partial charge on any atom is -0.495 e. The third-order valence-electron chi connectivity index (χ3n) is 4.58. The van der Waals surface area contributed by atoms with Gasteiger partial charge in [0.1, 0.15) is 11.3 Å². The summed E-state index contributed by atoms with van der Waals surface area (Å²) in [6.45, 7) is -0.413. The molecule has 0 fully saturated rings. The standard InChI is InChI=1S/C24H20N2O5S/c1-29-20-12-6-4-10-18(20)25-22(27)14-30-23(28)17-9-3-2-8-16(17)15-32-24-26-19-11-5-7-13-21(19)31-24/h2-13H,14-15H2,1H3,(H,25,27). The number of carbonyl (C=O) groups excluding carboxylic acids is 2. The van der Waals surface area contributed by atoms with Crippen molar-refractivity contribution in [2.24, 2.45) is 0 Å². The Kier molecular flexibility index (Phi) is 6.72. The fourth-order valence-corrected chi connectivity index (χ4v) is 3.88. The zero-order valence-electron chi connectivity index (χ0n) is 17.2. The highest BCUT2D eigenvalue weighted by molar-refractivity contribution is 7.98. The van der Waals surface area contributed by atoms with Crippen LogP contribution in [-0.4, -0.2) is 30.6 Å². The second-order valence-electron chi connectivity index (χ2n) is 6.72. The van der Waals surface area contributed by atoms with E-state index in [9.17, 15) is 9.59 Å². The number of esters is 1. The van der Waals surface area contributed by atoms with E-state index in [1.807, 2.05) is 36.4 Å². The normalized spacial score (nSPS) is 10.7. The molecule has 162 valence electrons. The van der Waals surface area contributed by atoms with Gasteiger partial charge < -0.3 is 19.2 Å².